The van der Waals surface area contributed by atoms with E-state index in [9.17, 15) is 8.78 Å². The van der Waals surface area contributed by atoms with E-state index < -0.39 is 5.92 Å². The predicted octanol–water partition coefficient (Wildman–Crippen LogP) is 3.19. The average molecular weight is 321 g/mol. The van der Waals surface area contributed by atoms with E-state index in [4.69, 9.17) is 23.1 Å². The van der Waals surface area contributed by atoms with Crippen LogP contribution < -0.4 is 16.4 Å². The first-order valence-corrected chi connectivity index (χ1v) is 5.24. The molecule has 0 amide bonds. The number of hydrogen-bond donors (Lipinski definition) is 2. The van der Waals surface area contributed by atoms with Crippen molar-refractivity contribution in [3.8, 4) is 0 Å². The fraction of sp³-hybridized carbons (Fsp3) is 0.400. The van der Waals surface area contributed by atoms with Gasteiger partial charge in [0.15, 0.2) is 0 Å². The highest BCUT2D eigenvalue weighted by Crippen LogP contribution is 2.37. The summed E-state index contributed by atoms with van der Waals surface area (Å²) in [7, 11) is 0. The van der Waals surface area contributed by atoms with Crippen LogP contribution in [0.4, 0.5) is 25.8 Å². The molecule has 1 aliphatic heterocycles. The van der Waals surface area contributed by atoms with Crippen molar-refractivity contribution in [3.05, 3.63) is 17.2 Å². The summed E-state index contributed by atoms with van der Waals surface area (Å²) in [5.41, 5.74) is 12.4. The van der Waals surface area contributed by atoms with E-state index >= 15 is 0 Å². The van der Waals surface area contributed by atoms with Gasteiger partial charge >= 0.3 is 0 Å². The fourth-order valence-electron chi connectivity index (χ4n) is 1.78. The Balaban J connectivity index is 0.00000144. The fourth-order valence-corrected chi connectivity index (χ4v) is 2.07. The van der Waals surface area contributed by atoms with Crippen LogP contribution in [0, 0.1) is 0 Å². The summed E-state index contributed by atoms with van der Waals surface area (Å²) >= 11 is 5.95. The average Bonchev–Trinajstić information content (AvgIpc) is 2.52. The zero-order chi connectivity index (χ0) is 11.9. The van der Waals surface area contributed by atoms with Gasteiger partial charge in [-0.15, -0.1) is 24.8 Å². The van der Waals surface area contributed by atoms with E-state index in [1.54, 1.807) is 6.07 Å². The van der Waals surface area contributed by atoms with Crippen LogP contribution in [-0.2, 0) is 0 Å². The molecule has 0 bridgehead atoms. The summed E-state index contributed by atoms with van der Waals surface area (Å²) in [5, 5.41) is 0.351. The molecule has 1 saturated heterocycles. The Bertz CT molecular complexity index is 429. The summed E-state index contributed by atoms with van der Waals surface area (Å²) in [4.78, 5) is 1.53. The number of anilines is 3. The maximum Gasteiger partial charge on any atom is 0.266 e. The van der Waals surface area contributed by atoms with Crippen LogP contribution in [0.5, 0.6) is 0 Å². The Kier molecular flexibility index (Phi) is 5.78. The number of halogens is 5. The van der Waals surface area contributed by atoms with E-state index in [-0.39, 0.29) is 44.3 Å². The molecule has 0 aliphatic carbocycles. The summed E-state index contributed by atoms with van der Waals surface area (Å²) in [5.74, 6) is -2.65. The number of nitrogens with zero attached hydrogens (tertiary/aromatic N) is 1. The summed E-state index contributed by atoms with van der Waals surface area (Å²) in [6.07, 6.45) is -0.159. The molecule has 2 rings (SSSR count). The zero-order valence-electron chi connectivity index (χ0n) is 9.33. The molecule has 1 heterocycles. The van der Waals surface area contributed by atoms with Gasteiger partial charge in [0, 0.05) is 13.0 Å². The van der Waals surface area contributed by atoms with Gasteiger partial charge < -0.3 is 16.4 Å². The van der Waals surface area contributed by atoms with Crippen LogP contribution in [-0.4, -0.2) is 19.0 Å². The zero-order valence-corrected chi connectivity index (χ0v) is 11.7. The third-order valence-electron chi connectivity index (χ3n) is 2.66. The molecule has 1 aromatic rings. The van der Waals surface area contributed by atoms with Gasteiger partial charge in [0.2, 0.25) is 0 Å². The third-order valence-corrected chi connectivity index (χ3v) is 2.97. The molecule has 1 fully saturated rings. The van der Waals surface area contributed by atoms with Crippen LogP contribution in [0.15, 0.2) is 12.1 Å². The first-order valence-electron chi connectivity index (χ1n) is 4.86. The lowest BCUT2D eigenvalue weighted by molar-refractivity contribution is 0.0257. The molecule has 0 aromatic heterocycles. The molecule has 0 atom stereocenters. The summed E-state index contributed by atoms with van der Waals surface area (Å²) in [6.45, 7) is -0.0494. The van der Waals surface area contributed by atoms with Crippen molar-refractivity contribution >= 4 is 53.5 Å². The highest BCUT2D eigenvalue weighted by molar-refractivity contribution is 6.33. The maximum absolute atomic E-state index is 13.1. The largest absolute Gasteiger partial charge is 0.397 e. The van der Waals surface area contributed by atoms with Crippen molar-refractivity contribution in [1.82, 2.24) is 0 Å². The Hall–Kier alpha value is -0.650. The van der Waals surface area contributed by atoms with E-state index in [1.165, 1.54) is 11.0 Å². The Morgan fingerprint density at radius 2 is 1.72 bits per heavy atom. The third kappa shape index (κ3) is 3.43. The van der Waals surface area contributed by atoms with Crippen LogP contribution >= 0.6 is 36.4 Å². The Morgan fingerprint density at radius 1 is 1.17 bits per heavy atom. The van der Waals surface area contributed by atoms with Gasteiger partial charge in [-0.1, -0.05) is 11.6 Å². The van der Waals surface area contributed by atoms with Crippen LogP contribution in [0.1, 0.15) is 6.42 Å². The highest BCUT2D eigenvalue weighted by Gasteiger charge is 2.38. The van der Waals surface area contributed by atoms with Gasteiger partial charge in [-0.05, 0) is 12.1 Å². The molecule has 1 aliphatic rings. The number of alkyl halides is 2. The van der Waals surface area contributed by atoms with Gasteiger partial charge in [-0.2, -0.15) is 0 Å². The molecular weight excluding hydrogens is 306 g/mol. The minimum Gasteiger partial charge on any atom is -0.397 e. The van der Waals surface area contributed by atoms with Crippen molar-refractivity contribution in [1.29, 1.82) is 0 Å². The number of nitrogen functional groups attached to an aromatic ring is 2. The van der Waals surface area contributed by atoms with Crippen molar-refractivity contribution in [2.75, 3.05) is 29.5 Å². The standard InChI is InChI=1S/C10H12ClF2N3.2ClH/c11-6-3-7(14)8(15)4-9(6)16-2-1-10(12,13)5-16;;/h3-4H,1-2,5,14-15H2;2*1H. The van der Waals surface area contributed by atoms with Crippen molar-refractivity contribution in [2.24, 2.45) is 0 Å². The van der Waals surface area contributed by atoms with Gasteiger partial charge in [0.25, 0.3) is 5.92 Å². The van der Waals surface area contributed by atoms with E-state index in [2.05, 4.69) is 0 Å². The lowest BCUT2D eigenvalue weighted by Gasteiger charge is -2.20. The highest BCUT2D eigenvalue weighted by atomic mass is 35.5. The molecule has 4 N–H and O–H groups in total. The minimum atomic E-state index is -2.65. The molecule has 1 aromatic carbocycles. The van der Waals surface area contributed by atoms with Crippen molar-refractivity contribution in [2.45, 2.75) is 12.3 Å². The van der Waals surface area contributed by atoms with Crippen molar-refractivity contribution in [3.63, 3.8) is 0 Å². The van der Waals surface area contributed by atoms with E-state index in [0.29, 0.717) is 22.1 Å². The Morgan fingerprint density at radius 3 is 2.22 bits per heavy atom. The summed E-state index contributed by atoms with van der Waals surface area (Å²) in [6, 6.07) is 3.03. The number of hydrogen-bond acceptors (Lipinski definition) is 3. The number of benzene rings is 1. The van der Waals surface area contributed by atoms with Gasteiger partial charge in [-0.3, -0.25) is 0 Å². The second-order valence-electron chi connectivity index (χ2n) is 3.96. The number of nitrogens with two attached hydrogens (primary N) is 2. The molecule has 8 heteroatoms. The SMILES string of the molecule is Cl.Cl.Nc1cc(Cl)c(N2CCC(F)(F)C2)cc1N. The maximum atomic E-state index is 13.1. The molecule has 0 radical (unpaired) electrons. The summed E-state index contributed by atoms with van der Waals surface area (Å²) < 4.78 is 26.1. The van der Waals surface area contributed by atoms with Gasteiger partial charge in [-0.25, -0.2) is 8.78 Å². The van der Waals surface area contributed by atoms with Gasteiger partial charge in [0.05, 0.1) is 28.6 Å². The normalized spacial score (nSPS) is 16.9. The minimum absolute atomic E-state index is 0. The molecule has 18 heavy (non-hydrogen) atoms. The topological polar surface area (TPSA) is 55.3 Å². The van der Waals surface area contributed by atoms with E-state index in [1.807, 2.05) is 0 Å². The first kappa shape index (κ1) is 17.4. The van der Waals surface area contributed by atoms with Crippen LogP contribution in [0.25, 0.3) is 0 Å². The molecule has 3 nitrogen and oxygen atoms in total. The Labute approximate surface area is 121 Å². The second-order valence-corrected chi connectivity index (χ2v) is 4.37. The molecule has 104 valence electrons. The number of rotatable bonds is 1. The molecule has 0 saturated carbocycles. The van der Waals surface area contributed by atoms with Crippen LogP contribution in [0.2, 0.25) is 5.02 Å². The first-order chi connectivity index (χ1) is 7.39. The monoisotopic (exact) mass is 319 g/mol. The molecular formula is C10H14Cl3F2N3. The second kappa shape index (κ2) is 5.99. The van der Waals surface area contributed by atoms with Gasteiger partial charge in [0.1, 0.15) is 0 Å². The quantitative estimate of drug-likeness (QED) is 0.781. The molecule has 0 unspecified atom stereocenters. The lowest BCUT2D eigenvalue weighted by atomic mass is 10.2. The van der Waals surface area contributed by atoms with Crippen LogP contribution in [0.3, 0.4) is 0 Å². The van der Waals surface area contributed by atoms with Crippen molar-refractivity contribution < 1.29 is 8.78 Å². The smallest absolute Gasteiger partial charge is 0.266 e. The lowest BCUT2D eigenvalue weighted by Crippen LogP contribution is -2.25. The van der Waals surface area contributed by atoms with E-state index in [0.717, 1.165) is 0 Å². The predicted molar refractivity (Wildman–Crippen MR) is 76.5 cm³/mol. The molecule has 0 spiro atoms.